The minimum Gasteiger partial charge on any atom is -0.340 e. The first-order valence-corrected chi connectivity index (χ1v) is 6.34. The summed E-state index contributed by atoms with van der Waals surface area (Å²) in [5.74, 6) is 0.718. The predicted molar refractivity (Wildman–Crippen MR) is 75.5 cm³/mol. The SMILES string of the molecule is CCc1c(Cl)ncnc1Nc1ccc(CC#N)cc1. The molecule has 0 amide bonds. The summed E-state index contributed by atoms with van der Waals surface area (Å²) in [4.78, 5) is 8.17. The maximum absolute atomic E-state index is 8.63. The molecular weight excluding hydrogens is 260 g/mol. The van der Waals surface area contributed by atoms with Crippen LogP contribution in [0.2, 0.25) is 5.15 Å². The molecule has 0 atom stereocenters. The van der Waals surface area contributed by atoms with Crippen LogP contribution >= 0.6 is 11.6 Å². The molecule has 1 aromatic carbocycles. The molecule has 1 N–H and O–H groups in total. The summed E-state index contributed by atoms with van der Waals surface area (Å²) in [6.07, 6.45) is 2.61. The van der Waals surface area contributed by atoms with Gasteiger partial charge in [0.25, 0.3) is 0 Å². The number of halogens is 1. The summed E-state index contributed by atoms with van der Waals surface area (Å²) in [5, 5.41) is 12.3. The van der Waals surface area contributed by atoms with Crippen molar-refractivity contribution in [2.75, 3.05) is 5.32 Å². The number of nitrogens with zero attached hydrogens (tertiary/aromatic N) is 3. The molecule has 0 spiro atoms. The second-order valence-electron chi connectivity index (χ2n) is 4.00. The van der Waals surface area contributed by atoms with Crippen molar-refractivity contribution >= 4 is 23.1 Å². The van der Waals surface area contributed by atoms with Crippen LogP contribution in [0.3, 0.4) is 0 Å². The van der Waals surface area contributed by atoms with Crippen molar-refractivity contribution in [2.24, 2.45) is 0 Å². The van der Waals surface area contributed by atoms with E-state index in [1.807, 2.05) is 31.2 Å². The highest BCUT2D eigenvalue weighted by Gasteiger charge is 2.07. The number of hydrogen-bond donors (Lipinski definition) is 1. The summed E-state index contributed by atoms with van der Waals surface area (Å²) in [7, 11) is 0. The van der Waals surface area contributed by atoms with Gasteiger partial charge in [0.05, 0.1) is 12.5 Å². The molecule has 2 rings (SSSR count). The highest BCUT2D eigenvalue weighted by Crippen LogP contribution is 2.23. The van der Waals surface area contributed by atoms with Crippen molar-refractivity contribution in [3.05, 3.63) is 46.9 Å². The largest absolute Gasteiger partial charge is 0.340 e. The molecule has 1 aromatic heterocycles. The van der Waals surface area contributed by atoms with E-state index in [2.05, 4.69) is 21.4 Å². The monoisotopic (exact) mass is 272 g/mol. The van der Waals surface area contributed by atoms with Gasteiger partial charge in [0.2, 0.25) is 0 Å². The summed E-state index contributed by atoms with van der Waals surface area (Å²) >= 11 is 6.04. The Hall–Kier alpha value is -2.12. The molecule has 0 saturated heterocycles. The molecule has 0 saturated carbocycles. The summed E-state index contributed by atoms with van der Waals surface area (Å²) < 4.78 is 0. The zero-order valence-electron chi connectivity index (χ0n) is 10.5. The van der Waals surface area contributed by atoms with Crippen LogP contribution in [0.1, 0.15) is 18.1 Å². The Morgan fingerprint density at radius 3 is 2.63 bits per heavy atom. The lowest BCUT2D eigenvalue weighted by Crippen LogP contribution is -2.00. The van der Waals surface area contributed by atoms with Crippen molar-refractivity contribution in [2.45, 2.75) is 19.8 Å². The van der Waals surface area contributed by atoms with E-state index in [0.717, 1.165) is 29.1 Å². The Bertz CT molecular complexity index is 602. The van der Waals surface area contributed by atoms with Crippen molar-refractivity contribution in [1.29, 1.82) is 5.26 Å². The predicted octanol–water partition coefficient (Wildman–Crippen LogP) is 3.50. The Balaban J connectivity index is 2.22. The van der Waals surface area contributed by atoms with Gasteiger partial charge in [-0.25, -0.2) is 9.97 Å². The van der Waals surface area contributed by atoms with E-state index in [1.165, 1.54) is 6.33 Å². The van der Waals surface area contributed by atoms with Gasteiger partial charge in [-0.1, -0.05) is 30.7 Å². The third-order valence-corrected chi connectivity index (χ3v) is 3.07. The Morgan fingerprint density at radius 1 is 1.26 bits per heavy atom. The van der Waals surface area contributed by atoms with E-state index in [1.54, 1.807) is 0 Å². The Kier molecular flexibility index (Phi) is 4.32. The van der Waals surface area contributed by atoms with Crippen molar-refractivity contribution < 1.29 is 0 Å². The molecule has 2 aromatic rings. The van der Waals surface area contributed by atoms with Crippen molar-refractivity contribution in [3.63, 3.8) is 0 Å². The first-order valence-electron chi connectivity index (χ1n) is 5.97. The fourth-order valence-electron chi connectivity index (χ4n) is 1.75. The lowest BCUT2D eigenvalue weighted by molar-refractivity contribution is 1.05. The quantitative estimate of drug-likeness (QED) is 0.865. The van der Waals surface area contributed by atoms with Crippen LogP contribution in [-0.4, -0.2) is 9.97 Å². The van der Waals surface area contributed by atoms with Gasteiger partial charge in [0, 0.05) is 11.3 Å². The Morgan fingerprint density at radius 2 is 2.00 bits per heavy atom. The molecule has 0 unspecified atom stereocenters. The lowest BCUT2D eigenvalue weighted by Gasteiger charge is -2.10. The highest BCUT2D eigenvalue weighted by atomic mass is 35.5. The smallest absolute Gasteiger partial charge is 0.138 e. The van der Waals surface area contributed by atoms with E-state index < -0.39 is 0 Å². The average Bonchev–Trinajstić information content (AvgIpc) is 2.42. The van der Waals surface area contributed by atoms with Gasteiger partial charge in [-0.2, -0.15) is 5.26 Å². The van der Waals surface area contributed by atoms with E-state index in [0.29, 0.717) is 11.6 Å². The molecule has 0 radical (unpaired) electrons. The number of nitrogens with one attached hydrogen (secondary N) is 1. The molecule has 0 aliphatic carbocycles. The van der Waals surface area contributed by atoms with Crippen molar-refractivity contribution in [3.8, 4) is 6.07 Å². The van der Waals surface area contributed by atoms with E-state index >= 15 is 0 Å². The summed E-state index contributed by atoms with van der Waals surface area (Å²) in [5.41, 5.74) is 2.79. The van der Waals surface area contributed by atoms with Crippen LogP contribution in [0, 0.1) is 11.3 Å². The first-order chi connectivity index (χ1) is 9.24. The normalized spacial score (nSPS) is 9.95. The van der Waals surface area contributed by atoms with Gasteiger partial charge in [-0.05, 0) is 24.1 Å². The average molecular weight is 273 g/mol. The molecule has 1 heterocycles. The number of hydrogen-bond acceptors (Lipinski definition) is 4. The zero-order chi connectivity index (χ0) is 13.7. The molecule has 96 valence electrons. The highest BCUT2D eigenvalue weighted by molar-refractivity contribution is 6.30. The van der Waals surface area contributed by atoms with Gasteiger partial charge in [0.15, 0.2) is 0 Å². The fraction of sp³-hybridized carbons (Fsp3) is 0.214. The molecule has 4 nitrogen and oxygen atoms in total. The van der Waals surface area contributed by atoms with Gasteiger partial charge >= 0.3 is 0 Å². The zero-order valence-corrected chi connectivity index (χ0v) is 11.3. The summed E-state index contributed by atoms with van der Waals surface area (Å²) in [6.45, 7) is 2.01. The molecule has 5 heteroatoms. The minimum atomic E-state index is 0.416. The van der Waals surface area contributed by atoms with Crippen LogP contribution in [0.25, 0.3) is 0 Å². The third kappa shape index (κ3) is 3.21. The second kappa shape index (κ2) is 6.17. The van der Waals surface area contributed by atoms with Crippen LogP contribution in [0.15, 0.2) is 30.6 Å². The maximum atomic E-state index is 8.63. The molecule has 19 heavy (non-hydrogen) atoms. The molecule has 0 aliphatic rings. The third-order valence-electron chi connectivity index (χ3n) is 2.75. The number of anilines is 2. The number of rotatable bonds is 4. The topological polar surface area (TPSA) is 61.6 Å². The van der Waals surface area contributed by atoms with Gasteiger partial charge < -0.3 is 5.32 Å². The fourth-order valence-corrected chi connectivity index (χ4v) is 2.01. The number of benzene rings is 1. The number of aromatic nitrogens is 2. The van der Waals surface area contributed by atoms with E-state index in [-0.39, 0.29) is 0 Å². The minimum absolute atomic E-state index is 0.416. The van der Waals surface area contributed by atoms with Crippen LogP contribution < -0.4 is 5.32 Å². The van der Waals surface area contributed by atoms with Gasteiger partial charge in [-0.15, -0.1) is 0 Å². The molecule has 0 fully saturated rings. The van der Waals surface area contributed by atoms with Gasteiger partial charge in [0.1, 0.15) is 17.3 Å². The second-order valence-corrected chi connectivity index (χ2v) is 4.36. The number of nitriles is 1. The molecule has 0 aliphatic heterocycles. The maximum Gasteiger partial charge on any atom is 0.138 e. The van der Waals surface area contributed by atoms with E-state index in [4.69, 9.17) is 16.9 Å². The summed E-state index contributed by atoms with van der Waals surface area (Å²) in [6, 6.07) is 9.79. The van der Waals surface area contributed by atoms with Crippen LogP contribution in [0.5, 0.6) is 0 Å². The van der Waals surface area contributed by atoms with Gasteiger partial charge in [-0.3, -0.25) is 0 Å². The lowest BCUT2D eigenvalue weighted by atomic mass is 10.1. The van der Waals surface area contributed by atoms with E-state index in [9.17, 15) is 0 Å². The molecule has 0 bridgehead atoms. The standard InChI is InChI=1S/C14H13ClN4/c1-2-12-13(15)17-9-18-14(12)19-11-5-3-10(4-6-11)7-8-16/h3-6,9H,2,7H2,1H3,(H,17,18,19). The molecular formula is C14H13ClN4. The van der Waals surface area contributed by atoms with Crippen molar-refractivity contribution in [1.82, 2.24) is 9.97 Å². The Labute approximate surface area is 117 Å². The first kappa shape index (κ1) is 13.3. The van der Waals surface area contributed by atoms with Crippen LogP contribution in [-0.2, 0) is 12.8 Å². The van der Waals surface area contributed by atoms with Crippen LogP contribution in [0.4, 0.5) is 11.5 Å².